The second kappa shape index (κ2) is 6.69. The van der Waals surface area contributed by atoms with Crippen LogP contribution in [0.5, 0.6) is 0 Å². The predicted octanol–water partition coefficient (Wildman–Crippen LogP) is 3.23. The Bertz CT molecular complexity index is 656. The zero-order valence-electron chi connectivity index (χ0n) is 13.7. The zero-order chi connectivity index (χ0) is 17.0. The Morgan fingerprint density at radius 3 is 2.78 bits per heavy atom. The number of rotatable bonds is 2. The Morgan fingerprint density at radius 1 is 1.39 bits per heavy atom. The van der Waals surface area contributed by atoms with E-state index in [0.717, 1.165) is 24.1 Å². The van der Waals surface area contributed by atoms with E-state index in [4.69, 9.17) is 10.00 Å². The molecule has 23 heavy (non-hydrogen) atoms. The molecule has 0 aromatic heterocycles. The van der Waals surface area contributed by atoms with Crippen molar-refractivity contribution in [2.24, 2.45) is 0 Å². The van der Waals surface area contributed by atoms with Crippen LogP contribution in [-0.4, -0.2) is 24.1 Å². The van der Waals surface area contributed by atoms with Gasteiger partial charge in [0.15, 0.2) is 0 Å². The summed E-state index contributed by atoms with van der Waals surface area (Å²) in [6.45, 7) is 5.99. The number of anilines is 2. The molecule has 1 N–H and O–H groups in total. The number of ether oxygens (including phenoxy) is 1. The standard InChI is InChI=1S/C17H21N3O3/c1-17(2,3)23-16(22)19-13-7-4-8-14-12(13)6-5-11-20(14)15(21)9-10-18/h4,7-8H,5-6,9,11H2,1-3H3,(H,19,22). The summed E-state index contributed by atoms with van der Waals surface area (Å²) in [6, 6.07) is 7.30. The molecule has 0 unspecified atom stereocenters. The van der Waals surface area contributed by atoms with E-state index in [1.54, 1.807) is 37.8 Å². The maximum absolute atomic E-state index is 12.1. The zero-order valence-corrected chi connectivity index (χ0v) is 13.7. The van der Waals surface area contributed by atoms with E-state index >= 15 is 0 Å². The molecule has 6 nitrogen and oxygen atoms in total. The molecule has 0 spiro atoms. The third kappa shape index (κ3) is 4.22. The van der Waals surface area contributed by atoms with E-state index in [-0.39, 0.29) is 12.3 Å². The molecule has 1 aromatic carbocycles. The summed E-state index contributed by atoms with van der Waals surface area (Å²) in [4.78, 5) is 25.7. The SMILES string of the molecule is CC(C)(C)OC(=O)Nc1cccc2c1CCCN2C(=O)CC#N. The second-order valence-corrected chi connectivity index (χ2v) is 6.41. The Balaban J connectivity index is 2.25. The molecule has 0 fully saturated rings. The number of amides is 2. The fourth-order valence-corrected chi connectivity index (χ4v) is 2.58. The monoisotopic (exact) mass is 315 g/mol. The average Bonchev–Trinajstić information content (AvgIpc) is 2.45. The summed E-state index contributed by atoms with van der Waals surface area (Å²) in [5.41, 5.74) is 1.72. The normalized spacial score (nSPS) is 13.7. The van der Waals surface area contributed by atoms with Crippen molar-refractivity contribution in [3.63, 3.8) is 0 Å². The van der Waals surface area contributed by atoms with Crippen molar-refractivity contribution in [2.75, 3.05) is 16.8 Å². The van der Waals surface area contributed by atoms with Crippen molar-refractivity contribution in [1.82, 2.24) is 0 Å². The number of nitrogens with zero attached hydrogens (tertiary/aromatic N) is 2. The highest BCUT2D eigenvalue weighted by molar-refractivity contribution is 5.97. The first-order valence-corrected chi connectivity index (χ1v) is 7.61. The summed E-state index contributed by atoms with van der Waals surface area (Å²) in [5, 5.41) is 11.5. The van der Waals surface area contributed by atoms with Crippen LogP contribution in [0.3, 0.4) is 0 Å². The van der Waals surface area contributed by atoms with Crippen molar-refractivity contribution in [2.45, 2.75) is 45.6 Å². The van der Waals surface area contributed by atoms with Gasteiger partial charge in [0, 0.05) is 17.9 Å². The van der Waals surface area contributed by atoms with E-state index in [2.05, 4.69) is 5.32 Å². The number of carbonyl (C=O) groups is 2. The third-order valence-electron chi connectivity index (χ3n) is 3.42. The van der Waals surface area contributed by atoms with Gasteiger partial charge in [-0.2, -0.15) is 5.26 Å². The molecular formula is C17H21N3O3. The van der Waals surface area contributed by atoms with Gasteiger partial charge >= 0.3 is 6.09 Å². The van der Waals surface area contributed by atoms with Gasteiger partial charge in [-0.15, -0.1) is 0 Å². The molecule has 122 valence electrons. The maximum atomic E-state index is 12.1. The van der Waals surface area contributed by atoms with Gasteiger partial charge in [-0.1, -0.05) is 6.07 Å². The largest absolute Gasteiger partial charge is 0.444 e. The van der Waals surface area contributed by atoms with Crippen LogP contribution < -0.4 is 10.2 Å². The van der Waals surface area contributed by atoms with Gasteiger partial charge in [0.05, 0.1) is 6.07 Å². The van der Waals surface area contributed by atoms with Gasteiger partial charge in [-0.3, -0.25) is 10.1 Å². The number of fused-ring (bicyclic) bond motifs is 1. The van der Waals surface area contributed by atoms with Crippen LogP contribution in [0.4, 0.5) is 16.2 Å². The van der Waals surface area contributed by atoms with Crippen LogP contribution in [0.2, 0.25) is 0 Å². The quantitative estimate of drug-likeness (QED) is 0.908. The van der Waals surface area contributed by atoms with E-state index in [0.29, 0.717) is 12.2 Å². The fraction of sp³-hybridized carbons (Fsp3) is 0.471. The van der Waals surface area contributed by atoms with E-state index in [1.165, 1.54) is 0 Å². The molecule has 0 radical (unpaired) electrons. The lowest BCUT2D eigenvalue weighted by Crippen LogP contribution is -2.35. The lowest BCUT2D eigenvalue weighted by Gasteiger charge is -2.30. The lowest BCUT2D eigenvalue weighted by molar-refractivity contribution is -0.117. The highest BCUT2D eigenvalue weighted by Gasteiger charge is 2.25. The van der Waals surface area contributed by atoms with Crippen molar-refractivity contribution in [3.8, 4) is 6.07 Å². The van der Waals surface area contributed by atoms with Gasteiger partial charge in [-0.25, -0.2) is 4.79 Å². The molecule has 6 heteroatoms. The van der Waals surface area contributed by atoms with Gasteiger partial charge in [-0.05, 0) is 51.3 Å². The summed E-state index contributed by atoms with van der Waals surface area (Å²) in [5.74, 6) is -0.220. The Morgan fingerprint density at radius 2 is 2.13 bits per heavy atom. The van der Waals surface area contributed by atoms with Gasteiger partial charge in [0.2, 0.25) is 5.91 Å². The van der Waals surface area contributed by atoms with Crippen LogP contribution in [-0.2, 0) is 16.0 Å². The van der Waals surface area contributed by atoms with Crippen LogP contribution >= 0.6 is 0 Å². The molecule has 0 saturated heterocycles. The molecule has 2 rings (SSSR count). The van der Waals surface area contributed by atoms with E-state index in [9.17, 15) is 9.59 Å². The summed E-state index contributed by atoms with van der Waals surface area (Å²) in [6.07, 6.45) is 0.879. The lowest BCUT2D eigenvalue weighted by atomic mass is 9.99. The van der Waals surface area contributed by atoms with E-state index < -0.39 is 11.7 Å². The van der Waals surface area contributed by atoms with Gasteiger partial charge in [0.25, 0.3) is 0 Å². The van der Waals surface area contributed by atoms with Crippen molar-refractivity contribution in [3.05, 3.63) is 23.8 Å². The molecular weight excluding hydrogens is 294 g/mol. The van der Waals surface area contributed by atoms with Crippen molar-refractivity contribution in [1.29, 1.82) is 5.26 Å². The molecule has 0 bridgehead atoms. The first-order chi connectivity index (χ1) is 10.8. The molecule has 0 saturated carbocycles. The smallest absolute Gasteiger partial charge is 0.412 e. The Labute approximate surface area is 136 Å². The Hall–Kier alpha value is -2.55. The minimum atomic E-state index is -0.576. The third-order valence-corrected chi connectivity index (χ3v) is 3.42. The number of benzene rings is 1. The molecule has 1 aliphatic heterocycles. The number of hydrogen-bond acceptors (Lipinski definition) is 4. The summed E-state index contributed by atoms with van der Waals surface area (Å²) >= 11 is 0. The molecule has 0 aliphatic carbocycles. The van der Waals surface area contributed by atoms with Gasteiger partial charge < -0.3 is 9.64 Å². The number of carbonyl (C=O) groups excluding carboxylic acids is 2. The fourth-order valence-electron chi connectivity index (χ4n) is 2.58. The number of nitriles is 1. The second-order valence-electron chi connectivity index (χ2n) is 6.41. The van der Waals surface area contributed by atoms with Crippen LogP contribution in [0.25, 0.3) is 0 Å². The molecule has 1 aromatic rings. The minimum absolute atomic E-state index is 0.150. The molecule has 2 amide bonds. The number of nitrogens with one attached hydrogen (secondary N) is 1. The van der Waals surface area contributed by atoms with E-state index in [1.807, 2.05) is 12.1 Å². The van der Waals surface area contributed by atoms with Crippen molar-refractivity contribution < 1.29 is 14.3 Å². The minimum Gasteiger partial charge on any atom is -0.444 e. The highest BCUT2D eigenvalue weighted by Crippen LogP contribution is 2.33. The van der Waals surface area contributed by atoms with Gasteiger partial charge in [0.1, 0.15) is 12.0 Å². The topological polar surface area (TPSA) is 82.4 Å². The highest BCUT2D eigenvalue weighted by atomic mass is 16.6. The van der Waals surface area contributed by atoms with Crippen LogP contribution in [0.15, 0.2) is 18.2 Å². The summed E-state index contributed by atoms with van der Waals surface area (Å²) < 4.78 is 5.27. The van der Waals surface area contributed by atoms with Crippen molar-refractivity contribution >= 4 is 23.4 Å². The molecule has 1 heterocycles. The van der Waals surface area contributed by atoms with Crippen LogP contribution in [0, 0.1) is 11.3 Å². The number of hydrogen-bond donors (Lipinski definition) is 1. The maximum Gasteiger partial charge on any atom is 0.412 e. The first kappa shape index (κ1) is 16.8. The van der Waals surface area contributed by atoms with Crippen LogP contribution in [0.1, 0.15) is 39.2 Å². The Kier molecular flexibility index (Phi) is 4.89. The molecule has 1 aliphatic rings. The summed E-state index contributed by atoms with van der Waals surface area (Å²) in [7, 11) is 0. The molecule has 0 atom stereocenters. The predicted molar refractivity (Wildman–Crippen MR) is 87.2 cm³/mol. The first-order valence-electron chi connectivity index (χ1n) is 7.61. The average molecular weight is 315 g/mol.